The normalized spacial score (nSPS) is 31.1. The lowest BCUT2D eigenvalue weighted by Crippen LogP contribution is -2.49. The van der Waals surface area contributed by atoms with Crippen molar-refractivity contribution < 1.29 is 19.5 Å². The lowest BCUT2D eigenvalue weighted by atomic mass is 9.85. The zero-order valence-electron chi connectivity index (χ0n) is 11.2. The fraction of sp³-hybridized carbons (Fsp3) is 0.846. The molecule has 2 saturated heterocycles. The average molecular weight is 268 g/mol. The predicted octanol–water partition coefficient (Wildman–Crippen LogP) is 1.46. The molecule has 3 rings (SSSR count). The number of fused-ring (bicyclic) bond motifs is 3. The Kier molecular flexibility index (Phi) is 2.92. The molecule has 0 unspecified atom stereocenters. The number of rotatable bonds is 5. The van der Waals surface area contributed by atoms with E-state index in [-0.39, 0.29) is 17.5 Å². The number of unbranched alkanes of at least 4 members (excludes halogenated alkanes) is 1. The Morgan fingerprint density at radius 3 is 2.84 bits per heavy atom. The van der Waals surface area contributed by atoms with E-state index in [2.05, 4.69) is 6.92 Å². The summed E-state index contributed by atoms with van der Waals surface area (Å²) in [6, 6.07) is -0.893. The van der Waals surface area contributed by atoms with Gasteiger partial charge in [0.05, 0.1) is 12.6 Å². The molecular formula is C13H20N2O4. The summed E-state index contributed by atoms with van der Waals surface area (Å²) < 4.78 is 0. The van der Waals surface area contributed by atoms with Crippen molar-refractivity contribution in [1.29, 1.82) is 0 Å². The van der Waals surface area contributed by atoms with Crippen molar-refractivity contribution in [3.8, 4) is 0 Å². The second-order valence-corrected chi connectivity index (χ2v) is 5.88. The van der Waals surface area contributed by atoms with Gasteiger partial charge < -0.3 is 10.0 Å². The highest BCUT2D eigenvalue weighted by molar-refractivity contribution is 5.85. The molecule has 2 bridgehead atoms. The molecule has 1 N–H and O–H groups in total. The molecule has 3 fully saturated rings. The first kappa shape index (κ1) is 12.7. The lowest BCUT2D eigenvalue weighted by molar-refractivity contribution is -0.148. The van der Waals surface area contributed by atoms with E-state index in [0.717, 1.165) is 25.7 Å². The number of amides is 2. The molecule has 1 saturated carbocycles. The lowest BCUT2D eigenvalue weighted by Gasteiger charge is -2.34. The molecule has 19 heavy (non-hydrogen) atoms. The Hall–Kier alpha value is -1.30. The van der Waals surface area contributed by atoms with Crippen LogP contribution in [0.1, 0.15) is 39.0 Å². The monoisotopic (exact) mass is 268 g/mol. The van der Waals surface area contributed by atoms with Crippen molar-refractivity contribution in [1.82, 2.24) is 9.96 Å². The highest BCUT2D eigenvalue weighted by Crippen LogP contribution is 2.59. The van der Waals surface area contributed by atoms with Gasteiger partial charge in [0.15, 0.2) is 0 Å². The van der Waals surface area contributed by atoms with E-state index in [0.29, 0.717) is 19.6 Å². The van der Waals surface area contributed by atoms with E-state index >= 15 is 0 Å². The van der Waals surface area contributed by atoms with Crippen LogP contribution in [0.4, 0.5) is 4.79 Å². The predicted molar refractivity (Wildman–Crippen MR) is 66.3 cm³/mol. The first-order valence-electron chi connectivity index (χ1n) is 7.04. The fourth-order valence-electron chi connectivity index (χ4n) is 3.30. The number of urea groups is 1. The maximum Gasteiger partial charge on any atom is 0.345 e. The van der Waals surface area contributed by atoms with Gasteiger partial charge in [0.25, 0.3) is 0 Å². The Labute approximate surface area is 112 Å². The first-order chi connectivity index (χ1) is 9.09. The largest absolute Gasteiger partial charge is 0.480 e. The highest BCUT2D eigenvalue weighted by Gasteiger charge is 2.64. The Morgan fingerprint density at radius 2 is 2.26 bits per heavy atom. The number of carbonyl (C=O) groups excluding carboxylic acids is 1. The Morgan fingerprint density at radius 1 is 1.53 bits per heavy atom. The molecule has 0 aromatic carbocycles. The number of piperidine rings is 1. The molecule has 2 aliphatic heterocycles. The van der Waals surface area contributed by atoms with E-state index in [1.807, 2.05) is 0 Å². The van der Waals surface area contributed by atoms with Crippen LogP contribution >= 0.6 is 0 Å². The molecule has 6 nitrogen and oxygen atoms in total. The van der Waals surface area contributed by atoms with Crippen LogP contribution < -0.4 is 0 Å². The Balaban J connectivity index is 1.78. The minimum absolute atomic E-state index is 0.00205. The molecule has 0 aromatic heterocycles. The quantitative estimate of drug-likeness (QED) is 0.766. The van der Waals surface area contributed by atoms with Gasteiger partial charge in [0, 0.05) is 6.54 Å². The number of hydroxylamine groups is 2. The minimum atomic E-state index is -0.895. The smallest absolute Gasteiger partial charge is 0.345 e. The maximum atomic E-state index is 12.3. The molecule has 2 amide bonds. The fourth-order valence-corrected chi connectivity index (χ4v) is 3.30. The number of nitrogens with zero attached hydrogens (tertiary/aromatic N) is 2. The number of hydrogen-bond acceptors (Lipinski definition) is 3. The summed E-state index contributed by atoms with van der Waals surface area (Å²) in [5.41, 5.74) is -0.00205. The van der Waals surface area contributed by atoms with Gasteiger partial charge in [-0.25, -0.2) is 9.59 Å². The van der Waals surface area contributed by atoms with Crippen LogP contribution in [0.3, 0.4) is 0 Å². The molecule has 0 aromatic rings. The summed E-state index contributed by atoms with van der Waals surface area (Å²) in [4.78, 5) is 30.7. The van der Waals surface area contributed by atoms with Gasteiger partial charge in [-0.15, -0.1) is 0 Å². The SMILES string of the molecule is CCCCON1C(=O)N2C[C@@H]1C1(CC1)C[C@H]2C(=O)O. The third kappa shape index (κ3) is 1.89. The highest BCUT2D eigenvalue weighted by atomic mass is 16.7. The van der Waals surface area contributed by atoms with Gasteiger partial charge in [0.1, 0.15) is 6.04 Å². The zero-order valence-corrected chi connectivity index (χ0v) is 11.2. The number of hydrogen-bond donors (Lipinski definition) is 1. The number of aliphatic carboxylic acids is 1. The van der Waals surface area contributed by atoms with Crippen molar-refractivity contribution in [3.05, 3.63) is 0 Å². The van der Waals surface area contributed by atoms with Crippen LogP contribution in [0.25, 0.3) is 0 Å². The number of carbonyl (C=O) groups is 2. The molecule has 2 atom stereocenters. The van der Waals surface area contributed by atoms with Crippen molar-refractivity contribution in [3.63, 3.8) is 0 Å². The van der Waals surface area contributed by atoms with Crippen molar-refractivity contribution >= 4 is 12.0 Å². The van der Waals surface area contributed by atoms with Crippen molar-refractivity contribution in [2.75, 3.05) is 13.2 Å². The second-order valence-electron chi connectivity index (χ2n) is 5.88. The van der Waals surface area contributed by atoms with Gasteiger partial charge >= 0.3 is 12.0 Å². The summed E-state index contributed by atoms with van der Waals surface area (Å²) in [6.45, 7) is 3.10. The van der Waals surface area contributed by atoms with Crippen molar-refractivity contribution in [2.24, 2.45) is 5.41 Å². The molecule has 1 aliphatic carbocycles. The second kappa shape index (κ2) is 4.37. The van der Waals surface area contributed by atoms with Gasteiger partial charge in [-0.3, -0.25) is 4.84 Å². The molecule has 106 valence electrons. The van der Waals surface area contributed by atoms with Gasteiger partial charge in [0.2, 0.25) is 0 Å². The van der Waals surface area contributed by atoms with Crippen LogP contribution in [0, 0.1) is 5.41 Å². The molecule has 0 radical (unpaired) electrons. The van der Waals surface area contributed by atoms with E-state index in [1.165, 1.54) is 9.96 Å². The molecular weight excluding hydrogens is 248 g/mol. The molecule has 2 heterocycles. The van der Waals surface area contributed by atoms with E-state index in [4.69, 9.17) is 4.84 Å². The Bertz CT molecular complexity index is 407. The topological polar surface area (TPSA) is 70.1 Å². The van der Waals surface area contributed by atoms with Crippen LogP contribution in [0.15, 0.2) is 0 Å². The summed E-state index contributed by atoms with van der Waals surface area (Å²) in [7, 11) is 0. The van der Waals surface area contributed by atoms with E-state index in [9.17, 15) is 14.7 Å². The summed E-state index contributed by atoms with van der Waals surface area (Å²) in [5, 5.41) is 10.7. The minimum Gasteiger partial charge on any atom is -0.480 e. The summed E-state index contributed by atoms with van der Waals surface area (Å²) in [5.74, 6) is -0.895. The third-order valence-corrected chi connectivity index (χ3v) is 4.68. The van der Waals surface area contributed by atoms with Crippen molar-refractivity contribution in [2.45, 2.75) is 51.1 Å². The van der Waals surface area contributed by atoms with Crippen LogP contribution in [-0.2, 0) is 9.63 Å². The van der Waals surface area contributed by atoms with Crippen LogP contribution in [0.2, 0.25) is 0 Å². The van der Waals surface area contributed by atoms with Gasteiger partial charge in [-0.2, -0.15) is 5.06 Å². The number of carboxylic acid groups (broad SMARTS) is 1. The van der Waals surface area contributed by atoms with Gasteiger partial charge in [-0.1, -0.05) is 13.3 Å². The summed E-state index contributed by atoms with van der Waals surface area (Å²) >= 11 is 0. The van der Waals surface area contributed by atoms with Gasteiger partial charge in [-0.05, 0) is 31.1 Å². The first-order valence-corrected chi connectivity index (χ1v) is 7.04. The maximum absolute atomic E-state index is 12.3. The van der Waals surface area contributed by atoms with E-state index in [1.54, 1.807) is 0 Å². The van der Waals surface area contributed by atoms with Crippen LogP contribution in [-0.4, -0.2) is 52.3 Å². The number of carboxylic acids is 1. The average Bonchev–Trinajstić information content (AvgIpc) is 3.09. The summed E-state index contributed by atoms with van der Waals surface area (Å²) in [6.07, 6.45) is 4.52. The van der Waals surface area contributed by atoms with Crippen LogP contribution in [0.5, 0.6) is 0 Å². The third-order valence-electron chi connectivity index (χ3n) is 4.68. The molecule has 3 aliphatic rings. The zero-order chi connectivity index (χ0) is 13.6. The molecule has 1 spiro atoms. The van der Waals surface area contributed by atoms with E-state index < -0.39 is 12.0 Å². The molecule has 6 heteroatoms. The standard InChI is InChI=1S/C13H20N2O4/c1-2-3-6-19-15-10-8-14(12(15)18)9(11(16)17)7-13(10)4-5-13/h9-10H,2-8H2,1H3,(H,16,17)/t9-,10+/m0/s1.